The molecule has 8 heteroatoms. The predicted octanol–water partition coefficient (Wildman–Crippen LogP) is 3.72. The topological polar surface area (TPSA) is 106 Å². The fourth-order valence-corrected chi connectivity index (χ4v) is 2.48. The van der Waals surface area contributed by atoms with Crippen molar-refractivity contribution in [2.24, 2.45) is 0 Å². The summed E-state index contributed by atoms with van der Waals surface area (Å²) in [5, 5.41) is 7.23. The molecule has 0 bridgehead atoms. The molecule has 160 valence electrons. The van der Waals surface area contributed by atoms with E-state index in [9.17, 15) is 14.4 Å². The molecule has 3 N–H and O–H groups in total. The highest BCUT2D eigenvalue weighted by Crippen LogP contribution is 2.08. The first-order valence-electron chi connectivity index (χ1n) is 9.53. The van der Waals surface area contributed by atoms with Crippen molar-refractivity contribution in [3.05, 3.63) is 71.8 Å². The molecule has 0 radical (unpaired) electrons. The normalized spacial score (nSPS) is 11.7. The van der Waals surface area contributed by atoms with E-state index in [4.69, 9.17) is 9.47 Å². The first kappa shape index (κ1) is 22.7. The average Bonchev–Trinajstić information content (AvgIpc) is 2.66. The summed E-state index contributed by atoms with van der Waals surface area (Å²) in [4.78, 5) is 36.2. The Hall–Kier alpha value is -3.55. The Balaban J connectivity index is 1.91. The summed E-state index contributed by atoms with van der Waals surface area (Å²) in [5.74, 6) is 0. The van der Waals surface area contributed by atoms with Crippen LogP contribution in [0.15, 0.2) is 60.7 Å². The Kier molecular flexibility index (Phi) is 8.22. The van der Waals surface area contributed by atoms with Crippen LogP contribution in [-0.2, 0) is 22.5 Å². The summed E-state index contributed by atoms with van der Waals surface area (Å²) >= 11 is 0. The summed E-state index contributed by atoms with van der Waals surface area (Å²) in [6.07, 6.45) is -2.08. The van der Waals surface area contributed by atoms with Gasteiger partial charge in [-0.05, 0) is 31.9 Å². The molecular weight excluding hydrogens is 386 g/mol. The van der Waals surface area contributed by atoms with Crippen molar-refractivity contribution in [1.82, 2.24) is 16.0 Å². The minimum absolute atomic E-state index is 0.0313. The number of ether oxygens (including phenoxy) is 2. The fraction of sp³-hybridized carbons (Fsp3) is 0.318. The zero-order valence-corrected chi connectivity index (χ0v) is 17.3. The number of imide groups is 1. The largest absolute Gasteiger partial charge is 0.444 e. The van der Waals surface area contributed by atoms with Crippen molar-refractivity contribution in [3.8, 4) is 0 Å². The predicted molar refractivity (Wildman–Crippen MR) is 112 cm³/mol. The van der Waals surface area contributed by atoms with Gasteiger partial charge in [0.1, 0.15) is 18.4 Å². The molecule has 0 aromatic heterocycles. The van der Waals surface area contributed by atoms with Gasteiger partial charge in [-0.3, -0.25) is 0 Å². The summed E-state index contributed by atoms with van der Waals surface area (Å²) in [5.41, 5.74) is 0.984. The molecule has 4 amide bonds. The Morgan fingerprint density at radius 1 is 0.833 bits per heavy atom. The molecule has 0 saturated heterocycles. The van der Waals surface area contributed by atoms with E-state index in [1.165, 1.54) is 0 Å². The maximum atomic E-state index is 12.2. The summed E-state index contributed by atoms with van der Waals surface area (Å²) in [6, 6.07) is 17.6. The maximum absolute atomic E-state index is 12.2. The quantitative estimate of drug-likeness (QED) is 0.626. The summed E-state index contributed by atoms with van der Waals surface area (Å²) in [6.45, 7) is 5.24. The summed E-state index contributed by atoms with van der Waals surface area (Å²) in [7, 11) is 0. The van der Waals surface area contributed by atoms with Crippen LogP contribution in [0.25, 0.3) is 0 Å². The van der Waals surface area contributed by atoms with Gasteiger partial charge in [0.25, 0.3) is 0 Å². The Morgan fingerprint density at radius 2 is 1.40 bits per heavy atom. The molecule has 0 fully saturated rings. The molecule has 1 atom stereocenters. The molecule has 2 aromatic carbocycles. The van der Waals surface area contributed by atoms with E-state index in [0.29, 0.717) is 6.42 Å². The lowest BCUT2D eigenvalue weighted by molar-refractivity contribution is 0.0498. The van der Waals surface area contributed by atoms with Crippen LogP contribution in [0, 0.1) is 0 Å². The van der Waals surface area contributed by atoms with E-state index >= 15 is 0 Å². The van der Waals surface area contributed by atoms with Gasteiger partial charge >= 0.3 is 18.2 Å². The molecule has 0 aliphatic carbocycles. The van der Waals surface area contributed by atoms with E-state index in [1.54, 1.807) is 32.9 Å². The summed E-state index contributed by atoms with van der Waals surface area (Å²) < 4.78 is 10.3. The van der Waals surface area contributed by atoms with Crippen molar-refractivity contribution in [2.75, 3.05) is 0 Å². The molecule has 0 aliphatic rings. The SMILES string of the molecule is CC(C)(C)OC(=O)N[C@H](Cc1ccccc1)NC(=O)NC(=O)OCc1ccccc1. The highest BCUT2D eigenvalue weighted by molar-refractivity contribution is 5.90. The zero-order valence-electron chi connectivity index (χ0n) is 17.3. The van der Waals surface area contributed by atoms with Crippen LogP contribution in [0.4, 0.5) is 14.4 Å². The molecule has 0 aliphatic heterocycles. The molecule has 2 aromatic rings. The number of carbonyl (C=O) groups excluding carboxylic acids is 3. The van der Waals surface area contributed by atoms with Gasteiger partial charge in [0.15, 0.2) is 0 Å². The molecule has 2 rings (SSSR count). The molecular formula is C22H27N3O5. The average molecular weight is 413 g/mol. The number of nitrogens with one attached hydrogen (secondary N) is 3. The molecule has 0 heterocycles. The minimum atomic E-state index is -0.896. The maximum Gasteiger partial charge on any atom is 0.415 e. The first-order valence-corrected chi connectivity index (χ1v) is 9.53. The zero-order chi connectivity index (χ0) is 22.0. The van der Waals surface area contributed by atoms with Crippen LogP contribution >= 0.6 is 0 Å². The van der Waals surface area contributed by atoms with Gasteiger partial charge in [-0.2, -0.15) is 0 Å². The lowest BCUT2D eigenvalue weighted by Crippen LogP contribution is -2.54. The van der Waals surface area contributed by atoms with Crippen molar-refractivity contribution < 1.29 is 23.9 Å². The second-order valence-corrected chi connectivity index (χ2v) is 7.55. The highest BCUT2D eigenvalue weighted by Gasteiger charge is 2.21. The van der Waals surface area contributed by atoms with Crippen LogP contribution in [0.5, 0.6) is 0 Å². The number of carbonyl (C=O) groups is 3. The number of urea groups is 1. The Morgan fingerprint density at radius 3 is 1.97 bits per heavy atom. The van der Waals surface area contributed by atoms with E-state index in [2.05, 4.69) is 16.0 Å². The van der Waals surface area contributed by atoms with Crippen LogP contribution < -0.4 is 16.0 Å². The highest BCUT2D eigenvalue weighted by atomic mass is 16.6. The van der Waals surface area contributed by atoms with Gasteiger partial charge in [-0.15, -0.1) is 0 Å². The number of hydrogen-bond donors (Lipinski definition) is 3. The van der Waals surface area contributed by atoms with Crippen molar-refractivity contribution in [1.29, 1.82) is 0 Å². The van der Waals surface area contributed by atoms with Gasteiger partial charge in [0.05, 0.1) is 0 Å². The number of alkyl carbamates (subject to hydrolysis) is 2. The molecule has 8 nitrogen and oxygen atoms in total. The number of benzene rings is 2. The number of amides is 4. The van der Waals surface area contributed by atoms with Crippen molar-refractivity contribution >= 4 is 18.2 Å². The number of hydrogen-bond acceptors (Lipinski definition) is 5. The lowest BCUT2D eigenvalue weighted by Gasteiger charge is -2.24. The van der Waals surface area contributed by atoms with Gasteiger partial charge < -0.3 is 20.1 Å². The van der Waals surface area contributed by atoms with Gasteiger partial charge in [0.2, 0.25) is 0 Å². The van der Waals surface area contributed by atoms with Crippen molar-refractivity contribution in [3.63, 3.8) is 0 Å². The van der Waals surface area contributed by atoms with Crippen LogP contribution in [-0.4, -0.2) is 30.0 Å². The molecule has 0 spiro atoms. The van der Waals surface area contributed by atoms with Crippen LogP contribution in [0.2, 0.25) is 0 Å². The third-order valence-electron chi connectivity index (χ3n) is 3.71. The third kappa shape index (κ3) is 9.09. The van der Waals surface area contributed by atoms with Crippen molar-refractivity contribution in [2.45, 2.75) is 45.6 Å². The van der Waals surface area contributed by atoms with Gasteiger partial charge in [-0.25, -0.2) is 19.7 Å². The van der Waals surface area contributed by atoms with E-state index in [1.807, 2.05) is 48.5 Å². The van der Waals surface area contributed by atoms with E-state index in [-0.39, 0.29) is 6.61 Å². The fourth-order valence-electron chi connectivity index (χ4n) is 2.48. The third-order valence-corrected chi connectivity index (χ3v) is 3.71. The molecule has 30 heavy (non-hydrogen) atoms. The second-order valence-electron chi connectivity index (χ2n) is 7.55. The monoisotopic (exact) mass is 413 g/mol. The van der Waals surface area contributed by atoms with E-state index in [0.717, 1.165) is 11.1 Å². The van der Waals surface area contributed by atoms with E-state index < -0.39 is 30.0 Å². The van der Waals surface area contributed by atoms with Gasteiger partial charge in [0, 0.05) is 6.42 Å². The van der Waals surface area contributed by atoms with Crippen LogP contribution in [0.1, 0.15) is 31.9 Å². The number of rotatable bonds is 6. The molecule has 0 saturated carbocycles. The Labute approximate surface area is 175 Å². The Bertz CT molecular complexity index is 835. The smallest absolute Gasteiger partial charge is 0.415 e. The molecule has 0 unspecified atom stereocenters. The minimum Gasteiger partial charge on any atom is -0.444 e. The first-order chi connectivity index (χ1) is 14.2. The lowest BCUT2D eigenvalue weighted by atomic mass is 10.1. The standard InChI is InChI=1S/C22H27N3O5/c1-22(2,3)30-21(28)24-18(14-16-10-6-4-7-11-16)23-19(26)25-20(27)29-15-17-12-8-5-9-13-17/h4-13,18H,14-15H2,1-3H3,(H,24,28)(H2,23,25,26,27)/t18-/m1/s1. The van der Waals surface area contributed by atoms with Gasteiger partial charge in [-0.1, -0.05) is 60.7 Å². The van der Waals surface area contributed by atoms with Crippen LogP contribution in [0.3, 0.4) is 0 Å². The second kappa shape index (κ2) is 10.8.